The Labute approximate surface area is 179 Å². The molecule has 0 atom stereocenters. The van der Waals surface area contributed by atoms with Crippen LogP contribution < -0.4 is 0 Å². The Bertz CT molecular complexity index is 1460. The molecule has 0 N–H and O–H groups in total. The molecule has 1 aliphatic heterocycles. The minimum atomic E-state index is 0.0426. The molecule has 3 heteroatoms. The zero-order valence-electron chi connectivity index (χ0n) is 17.2. The van der Waals surface area contributed by atoms with Gasteiger partial charge >= 0.3 is 0 Å². The molecule has 0 spiro atoms. The molecule has 2 aromatic heterocycles. The average molecular weight is 408 g/mol. The normalized spacial score (nSPS) is 13.0. The Morgan fingerprint density at radius 3 is 2.63 bits per heavy atom. The van der Waals surface area contributed by atoms with Crippen molar-refractivity contribution in [2.75, 3.05) is 0 Å². The minimum absolute atomic E-state index is 0.0426. The summed E-state index contributed by atoms with van der Waals surface area (Å²) in [5, 5.41) is 3.78. The Hall–Kier alpha value is -3.04. The van der Waals surface area contributed by atoms with E-state index in [2.05, 4.69) is 75.4 Å². The highest BCUT2D eigenvalue weighted by Crippen LogP contribution is 2.51. The van der Waals surface area contributed by atoms with Gasteiger partial charge in [0.2, 0.25) is 0 Å². The number of pyridine rings is 1. The fourth-order valence-electron chi connectivity index (χ4n) is 4.51. The maximum Gasteiger partial charge on any atom is 0.135 e. The second-order valence-electron chi connectivity index (χ2n) is 8.91. The van der Waals surface area contributed by atoms with Gasteiger partial charge in [-0.25, -0.2) is 0 Å². The highest BCUT2D eigenvalue weighted by atomic mass is 32.2. The topological polar surface area (TPSA) is 26.0 Å². The van der Waals surface area contributed by atoms with E-state index in [1.54, 1.807) is 11.8 Å². The van der Waals surface area contributed by atoms with Crippen LogP contribution in [-0.4, -0.2) is 4.98 Å². The molecule has 1 aliphatic rings. The van der Waals surface area contributed by atoms with Gasteiger partial charge in [-0.05, 0) is 51.6 Å². The van der Waals surface area contributed by atoms with E-state index in [1.807, 2.05) is 18.5 Å². The quantitative estimate of drug-likeness (QED) is 0.275. The fourth-order valence-corrected chi connectivity index (χ4v) is 5.69. The molecule has 0 bridgehead atoms. The number of rotatable bonds is 1. The van der Waals surface area contributed by atoms with E-state index in [0.717, 1.165) is 11.3 Å². The van der Waals surface area contributed by atoms with Crippen LogP contribution in [0.2, 0.25) is 0 Å². The summed E-state index contributed by atoms with van der Waals surface area (Å²) in [5.74, 6) is 0. The molecule has 0 radical (unpaired) electrons. The van der Waals surface area contributed by atoms with Crippen molar-refractivity contribution in [3.8, 4) is 22.4 Å². The van der Waals surface area contributed by atoms with Crippen LogP contribution in [0, 0.1) is 0 Å². The first kappa shape index (κ1) is 17.8. The molecule has 2 nitrogen and oxygen atoms in total. The van der Waals surface area contributed by atoms with Crippen LogP contribution in [0.3, 0.4) is 0 Å². The molecule has 30 heavy (non-hydrogen) atoms. The van der Waals surface area contributed by atoms with Gasteiger partial charge in [0.15, 0.2) is 0 Å². The largest absolute Gasteiger partial charge is 0.463 e. The van der Waals surface area contributed by atoms with Gasteiger partial charge in [-0.3, -0.25) is 4.98 Å². The summed E-state index contributed by atoms with van der Waals surface area (Å²) in [6.07, 6.45) is 3.81. The van der Waals surface area contributed by atoms with E-state index < -0.39 is 0 Å². The predicted molar refractivity (Wildman–Crippen MR) is 125 cm³/mol. The SMILES string of the molecule is CC(C)(C)c1cc(-c2nccc3c2Sc2coc4cccc-3c24)cc2ccccc12. The van der Waals surface area contributed by atoms with Crippen molar-refractivity contribution in [3.63, 3.8) is 0 Å². The summed E-state index contributed by atoms with van der Waals surface area (Å²) in [4.78, 5) is 7.23. The van der Waals surface area contributed by atoms with Gasteiger partial charge in [0.1, 0.15) is 11.8 Å². The lowest BCUT2D eigenvalue weighted by Gasteiger charge is -2.24. The summed E-state index contributed by atoms with van der Waals surface area (Å²) in [6, 6.07) is 21.7. The van der Waals surface area contributed by atoms with E-state index >= 15 is 0 Å². The van der Waals surface area contributed by atoms with E-state index in [0.29, 0.717) is 0 Å². The van der Waals surface area contributed by atoms with Crippen LogP contribution in [0.1, 0.15) is 26.3 Å². The summed E-state index contributed by atoms with van der Waals surface area (Å²) >= 11 is 1.77. The highest BCUT2D eigenvalue weighted by Gasteiger charge is 2.26. The molecule has 0 fully saturated rings. The van der Waals surface area contributed by atoms with Crippen molar-refractivity contribution in [1.82, 2.24) is 4.98 Å². The zero-order chi connectivity index (χ0) is 20.5. The smallest absolute Gasteiger partial charge is 0.135 e. The lowest BCUT2D eigenvalue weighted by atomic mass is 9.82. The van der Waals surface area contributed by atoms with Gasteiger partial charge in [0.25, 0.3) is 0 Å². The first-order chi connectivity index (χ1) is 14.5. The monoisotopic (exact) mass is 407 g/mol. The standard InChI is InChI=1S/C27H21NOS/c1-27(2,3)21-14-17(13-16-7-4-5-8-18(16)21)25-26-20(11-12-28-25)19-9-6-10-22-24(19)23(30-26)15-29-22/h4-15H,1-3H3. The molecule has 5 aromatic rings. The van der Waals surface area contributed by atoms with E-state index in [-0.39, 0.29) is 5.41 Å². The highest BCUT2D eigenvalue weighted by molar-refractivity contribution is 8.00. The summed E-state index contributed by atoms with van der Waals surface area (Å²) < 4.78 is 5.82. The Morgan fingerprint density at radius 2 is 1.77 bits per heavy atom. The van der Waals surface area contributed by atoms with Crippen LogP contribution in [0.4, 0.5) is 0 Å². The third-order valence-electron chi connectivity index (χ3n) is 5.92. The Kier molecular flexibility index (Phi) is 3.69. The average Bonchev–Trinajstić information content (AvgIpc) is 3.16. The van der Waals surface area contributed by atoms with Crippen molar-refractivity contribution in [1.29, 1.82) is 0 Å². The number of hydrogen-bond acceptors (Lipinski definition) is 3. The van der Waals surface area contributed by atoms with Gasteiger partial charge in [-0.15, -0.1) is 0 Å². The molecular formula is C27H21NOS. The summed E-state index contributed by atoms with van der Waals surface area (Å²) in [5.41, 5.74) is 7.00. The maximum absolute atomic E-state index is 5.82. The van der Waals surface area contributed by atoms with Crippen LogP contribution in [-0.2, 0) is 5.41 Å². The first-order valence-electron chi connectivity index (χ1n) is 10.2. The fraction of sp³-hybridized carbons (Fsp3) is 0.148. The molecule has 0 saturated heterocycles. The molecule has 3 aromatic carbocycles. The Morgan fingerprint density at radius 1 is 0.900 bits per heavy atom. The third kappa shape index (κ3) is 2.55. The van der Waals surface area contributed by atoms with E-state index in [9.17, 15) is 0 Å². The maximum atomic E-state index is 5.82. The molecule has 0 unspecified atom stereocenters. The number of furan rings is 1. The lowest BCUT2D eigenvalue weighted by molar-refractivity contribution is 0.596. The summed E-state index contributed by atoms with van der Waals surface area (Å²) in [6.45, 7) is 6.83. The van der Waals surface area contributed by atoms with Crippen LogP contribution in [0.5, 0.6) is 0 Å². The van der Waals surface area contributed by atoms with Crippen LogP contribution in [0.25, 0.3) is 44.1 Å². The summed E-state index contributed by atoms with van der Waals surface area (Å²) in [7, 11) is 0. The van der Waals surface area contributed by atoms with E-state index in [1.165, 1.54) is 48.2 Å². The number of aromatic nitrogens is 1. The van der Waals surface area contributed by atoms with Crippen LogP contribution >= 0.6 is 11.8 Å². The molecule has 0 saturated carbocycles. The van der Waals surface area contributed by atoms with Gasteiger partial charge in [-0.2, -0.15) is 0 Å². The second-order valence-corrected chi connectivity index (χ2v) is 9.96. The molecular weight excluding hydrogens is 386 g/mol. The van der Waals surface area contributed by atoms with Crippen molar-refractivity contribution in [2.45, 2.75) is 36.0 Å². The number of nitrogens with zero attached hydrogens (tertiary/aromatic N) is 1. The second kappa shape index (κ2) is 6.23. The van der Waals surface area contributed by atoms with Crippen molar-refractivity contribution < 1.29 is 4.42 Å². The predicted octanol–water partition coefficient (Wildman–Crippen LogP) is 8.08. The van der Waals surface area contributed by atoms with Gasteiger partial charge in [-0.1, -0.05) is 68.9 Å². The minimum Gasteiger partial charge on any atom is -0.463 e. The molecule has 146 valence electrons. The number of fused-ring (bicyclic) bond motifs is 3. The molecule has 6 rings (SSSR count). The Balaban J connectivity index is 1.64. The van der Waals surface area contributed by atoms with Crippen LogP contribution in [0.15, 0.2) is 87.3 Å². The van der Waals surface area contributed by atoms with Crippen molar-refractivity contribution in [3.05, 3.63) is 78.7 Å². The van der Waals surface area contributed by atoms with Crippen molar-refractivity contribution >= 4 is 33.5 Å². The van der Waals surface area contributed by atoms with Gasteiger partial charge in [0, 0.05) is 27.6 Å². The molecule has 0 aliphatic carbocycles. The molecule has 0 amide bonds. The molecule has 3 heterocycles. The number of benzene rings is 3. The van der Waals surface area contributed by atoms with Gasteiger partial charge in [0.05, 0.1) is 10.6 Å². The first-order valence-corrected chi connectivity index (χ1v) is 11.0. The zero-order valence-corrected chi connectivity index (χ0v) is 18.0. The van der Waals surface area contributed by atoms with E-state index in [4.69, 9.17) is 9.40 Å². The number of hydrogen-bond donors (Lipinski definition) is 0. The third-order valence-corrected chi connectivity index (χ3v) is 7.05. The van der Waals surface area contributed by atoms with Gasteiger partial charge < -0.3 is 4.42 Å². The lowest BCUT2D eigenvalue weighted by Crippen LogP contribution is -2.12. The van der Waals surface area contributed by atoms with Crippen molar-refractivity contribution in [2.24, 2.45) is 0 Å².